The van der Waals surface area contributed by atoms with Crippen molar-refractivity contribution in [2.75, 3.05) is 13.6 Å². The van der Waals surface area contributed by atoms with Gasteiger partial charge >= 0.3 is 0 Å². The summed E-state index contributed by atoms with van der Waals surface area (Å²) >= 11 is 6.12. The summed E-state index contributed by atoms with van der Waals surface area (Å²) in [6.45, 7) is 5.17. The number of fused-ring (bicyclic) bond motifs is 1. The van der Waals surface area contributed by atoms with Crippen molar-refractivity contribution in [2.45, 2.75) is 50.7 Å². The molecule has 7 nitrogen and oxygen atoms in total. The lowest BCUT2D eigenvalue weighted by atomic mass is 10.1. The minimum Gasteiger partial charge on any atom is -0.352 e. The number of nitrogens with one attached hydrogen (secondary N) is 1. The SMILES string of the molecule is CC[C@@H](C)NC(=O)[C@H](C)N(Cc1cccc(Cl)c1)C(=O)CN(C)S(=O)(=O)c1ccc2ccccc2c1. The highest BCUT2D eigenvalue weighted by atomic mass is 35.5. The average Bonchev–Trinajstić information content (AvgIpc) is 2.86. The first-order valence-electron chi connectivity index (χ1n) is 11.8. The molecule has 192 valence electrons. The summed E-state index contributed by atoms with van der Waals surface area (Å²) in [5.41, 5.74) is 0.735. The van der Waals surface area contributed by atoms with E-state index in [9.17, 15) is 18.0 Å². The van der Waals surface area contributed by atoms with Gasteiger partial charge in [-0.15, -0.1) is 0 Å². The van der Waals surface area contributed by atoms with Crippen LogP contribution in [0, 0.1) is 0 Å². The Kier molecular flexibility index (Phi) is 9.11. The molecular weight excluding hydrogens is 498 g/mol. The highest BCUT2D eigenvalue weighted by molar-refractivity contribution is 7.89. The molecule has 0 aliphatic rings. The number of benzene rings is 3. The van der Waals surface area contributed by atoms with Crippen molar-refractivity contribution in [2.24, 2.45) is 0 Å². The molecule has 3 aromatic carbocycles. The third-order valence-corrected chi connectivity index (χ3v) is 8.23. The molecule has 0 spiro atoms. The van der Waals surface area contributed by atoms with E-state index >= 15 is 0 Å². The van der Waals surface area contributed by atoms with Crippen LogP contribution >= 0.6 is 11.6 Å². The summed E-state index contributed by atoms with van der Waals surface area (Å²) in [5, 5.41) is 5.11. The smallest absolute Gasteiger partial charge is 0.243 e. The lowest BCUT2D eigenvalue weighted by Gasteiger charge is -2.31. The van der Waals surface area contributed by atoms with Crippen molar-refractivity contribution < 1.29 is 18.0 Å². The maximum atomic E-state index is 13.4. The molecular formula is C27H32ClN3O4S. The number of carbonyl (C=O) groups is 2. The van der Waals surface area contributed by atoms with Crippen LogP contribution in [0.3, 0.4) is 0 Å². The van der Waals surface area contributed by atoms with Crippen LogP contribution in [0.25, 0.3) is 10.8 Å². The van der Waals surface area contributed by atoms with E-state index in [1.165, 1.54) is 18.0 Å². The second kappa shape index (κ2) is 11.9. The number of halogens is 1. The number of sulfonamides is 1. The zero-order valence-electron chi connectivity index (χ0n) is 20.9. The minimum absolute atomic E-state index is 0.0565. The number of carbonyl (C=O) groups excluding carboxylic acids is 2. The largest absolute Gasteiger partial charge is 0.352 e. The number of amides is 2. The van der Waals surface area contributed by atoms with Crippen molar-refractivity contribution in [1.82, 2.24) is 14.5 Å². The second-order valence-corrected chi connectivity index (χ2v) is 11.4. The van der Waals surface area contributed by atoms with Crippen molar-refractivity contribution in [3.8, 4) is 0 Å². The first-order valence-corrected chi connectivity index (χ1v) is 13.6. The quantitative estimate of drug-likeness (QED) is 0.420. The molecule has 0 bridgehead atoms. The molecule has 2 amide bonds. The van der Waals surface area contributed by atoms with E-state index in [0.717, 1.165) is 27.1 Å². The molecule has 0 aliphatic heterocycles. The first kappa shape index (κ1) is 27.6. The van der Waals surface area contributed by atoms with E-state index in [1.54, 1.807) is 43.3 Å². The predicted octanol–water partition coefficient (Wildman–Crippen LogP) is 4.45. The highest BCUT2D eigenvalue weighted by Gasteiger charge is 2.30. The highest BCUT2D eigenvalue weighted by Crippen LogP contribution is 2.22. The molecule has 36 heavy (non-hydrogen) atoms. The molecule has 3 aromatic rings. The van der Waals surface area contributed by atoms with Gasteiger partial charge in [-0.3, -0.25) is 9.59 Å². The van der Waals surface area contributed by atoms with Gasteiger partial charge in [0.1, 0.15) is 6.04 Å². The average molecular weight is 530 g/mol. The molecule has 1 N–H and O–H groups in total. The predicted molar refractivity (Wildman–Crippen MR) is 143 cm³/mol. The van der Waals surface area contributed by atoms with E-state index in [4.69, 9.17) is 11.6 Å². The Balaban J connectivity index is 1.85. The Hall–Kier alpha value is -2.94. The molecule has 0 saturated carbocycles. The zero-order valence-corrected chi connectivity index (χ0v) is 22.5. The number of likely N-dealkylation sites (N-methyl/N-ethyl adjacent to an activating group) is 1. The van der Waals surface area contributed by atoms with E-state index in [2.05, 4.69) is 5.32 Å². The lowest BCUT2D eigenvalue weighted by molar-refractivity contribution is -0.140. The van der Waals surface area contributed by atoms with Gasteiger partial charge in [0.2, 0.25) is 21.8 Å². The fraction of sp³-hybridized carbons (Fsp3) is 0.333. The third-order valence-electron chi connectivity index (χ3n) is 6.20. The van der Waals surface area contributed by atoms with Gasteiger partial charge in [-0.25, -0.2) is 8.42 Å². The number of nitrogens with zero attached hydrogens (tertiary/aromatic N) is 2. The van der Waals surface area contributed by atoms with Gasteiger partial charge in [-0.05, 0) is 60.9 Å². The van der Waals surface area contributed by atoms with Gasteiger partial charge in [0, 0.05) is 24.7 Å². The molecule has 0 unspecified atom stereocenters. The fourth-order valence-corrected chi connectivity index (χ4v) is 5.12. The monoisotopic (exact) mass is 529 g/mol. The first-order chi connectivity index (χ1) is 17.0. The summed E-state index contributed by atoms with van der Waals surface area (Å²) < 4.78 is 27.6. The van der Waals surface area contributed by atoms with Crippen LogP contribution in [-0.2, 0) is 26.2 Å². The van der Waals surface area contributed by atoms with Crippen LogP contribution in [0.1, 0.15) is 32.8 Å². The van der Waals surface area contributed by atoms with Gasteiger partial charge in [-0.2, -0.15) is 4.31 Å². The molecule has 0 radical (unpaired) electrons. The second-order valence-electron chi connectivity index (χ2n) is 8.92. The Bertz CT molecular complexity index is 1350. The minimum atomic E-state index is -3.94. The molecule has 0 heterocycles. The van der Waals surface area contributed by atoms with Gasteiger partial charge in [0.15, 0.2) is 0 Å². The van der Waals surface area contributed by atoms with Crippen molar-refractivity contribution in [3.63, 3.8) is 0 Å². The number of hydrogen-bond acceptors (Lipinski definition) is 4. The van der Waals surface area contributed by atoms with E-state index in [-0.39, 0.29) is 23.4 Å². The van der Waals surface area contributed by atoms with Crippen LogP contribution in [0.15, 0.2) is 71.6 Å². The zero-order chi connectivity index (χ0) is 26.5. The Morgan fingerprint density at radius 1 is 0.972 bits per heavy atom. The summed E-state index contributed by atoms with van der Waals surface area (Å²) in [4.78, 5) is 27.8. The summed E-state index contributed by atoms with van der Waals surface area (Å²) in [6.07, 6.45) is 0.743. The number of rotatable bonds is 10. The van der Waals surface area contributed by atoms with Gasteiger partial charge in [-0.1, -0.05) is 61.0 Å². The molecule has 0 saturated heterocycles. The standard InChI is InChI=1S/C27H32ClN3O4S/c1-5-19(2)29-27(33)20(3)31(17-21-9-8-12-24(28)15-21)26(32)18-30(4)36(34,35)25-14-13-22-10-6-7-11-23(22)16-25/h6-16,19-20H,5,17-18H2,1-4H3,(H,29,33)/t19-,20+/m1/s1. The summed E-state index contributed by atoms with van der Waals surface area (Å²) in [6, 6.07) is 18.5. The van der Waals surface area contributed by atoms with E-state index in [1.807, 2.05) is 38.1 Å². The molecule has 0 aromatic heterocycles. The van der Waals surface area contributed by atoms with Crippen LogP contribution < -0.4 is 5.32 Å². The van der Waals surface area contributed by atoms with Crippen LogP contribution in [-0.4, -0.2) is 55.1 Å². The van der Waals surface area contributed by atoms with Gasteiger partial charge in [0.05, 0.1) is 11.4 Å². The normalized spacial score (nSPS) is 13.4. The van der Waals surface area contributed by atoms with Crippen molar-refractivity contribution >= 4 is 44.2 Å². The molecule has 9 heteroatoms. The Morgan fingerprint density at radius 2 is 1.67 bits per heavy atom. The van der Waals surface area contributed by atoms with Crippen LogP contribution in [0.4, 0.5) is 0 Å². The van der Waals surface area contributed by atoms with Crippen molar-refractivity contribution in [1.29, 1.82) is 0 Å². The lowest BCUT2D eigenvalue weighted by Crippen LogP contribution is -2.51. The fourth-order valence-electron chi connectivity index (χ4n) is 3.75. The molecule has 0 fully saturated rings. The molecule has 2 atom stereocenters. The maximum absolute atomic E-state index is 13.4. The van der Waals surface area contributed by atoms with Gasteiger partial charge < -0.3 is 10.2 Å². The Labute approximate surface area is 218 Å². The van der Waals surface area contributed by atoms with Gasteiger partial charge in [0.25, 0.3) is 0 Å². The summed E-state index contributed by atoms with van der Waals surface area (Å²) in [5.74, 6) is -0.798. The summed E-state index contributed by atoms with van der Waals surface area (Å²) in [7, 11) is -2.58. The van der Waals surface area contributed by atoms with Crippen LogP contribution in [0.5, 0.6) is 0 Å². The van der Waals surface area contributed by atoms with Crippen molar-refractivity contribution in [3.05, 3.63) is 77.3 Å². The third kappa shape index (κ3) is 6.63. The topological polar surface area (TPSA) is 86.8 Å². The van der Waals surface area contributed by atoms with Crippen LogP contribution in [0.2, 0.25) is 5.02 Å². The van der Waals surface area contributed by atoms with E-state index in [0.29, 0.717) is 5.02 Å². The molecule has 3 rings (SSSR count). The maximum Gasteiger partial charge on any atom is 0.243 e. The number of hydrogen-bond donors (Lipinski definition) is 1. The molecule has 0 aliphatic carbocycles. The van der Waals surface area contributed by atoms with E-state index < -0.39 is 28.5 Å². The Morgan fingerprint density at radius 3 is 2.33 bits per heavy atom.